The molecule has 6 heterocycles. The lowest BCUT2D eigenvalue weighted by atomic mass is 9.86. The lowest BCUT2D eigenvalue weighted by Crippen LogP contribution is -2.51. The minimum absolute atomic E-state index is 0.0979. The summed E-state index contributed by atoms with van der Waals surface area (Å²) < 4.78 is 14.3. The summed E-state index contributed by atoms with van der Waals surface area (Å²) in [4.78, 5) is 47.2. The molecule has 0 bridgehead atoms. The number of carbonyl (C=O) groups excluding carboxylic acids is 2. The van der Waals surface area contributed by atoms with E-state index in [0.717, 1.165) is 102 Å². The number of rotatable bonds is 12. The topological polar surface area (TPSA) is 159 Å². The molecule has 1 saturated carbocycles. The summed E-state index contributed by atoms with van der Waals surface area (Å²) in [6, 6.07) is 15.0. The summed E-state index contributed by atoms with van der Waals surface area (Å²) in [5.74, 6) is 3.52. The van der Waals surface area contributed by atoms with E-state index in [4.69, 9.17) is 25.2 Å². The van der Waals surface area contributed by atoms with Gasteiger partial charge in [0.2, 0.25) is 5.91 Å². The molecule has 2 saturated heterocycles. The molecule has 3 aromatic heterocycles. The first-order valence-corrected chi connectivity index (χ1v) is 22.8. The number of nitrogens with one attached hydrogen (secondary N) is 3. The van der Waals surface area contributed by atoms with Crippen LogP contribution in [0.25, 0.3) is 44.7 Å². The zero-order valence-corrected chi connectivity index (χ0v) is 36.5. The first kappa shape index (κ1) is 41.2. The van der Waals surface area contributed by atoms with Crippen LogP contribution in [0.3, 0.4) is 0 Å². The summed E-state index contributed by atoms with van der Waals surface area (Å²) >= 11 is 0. The Morgan fingerprint density at radius 2 is 1.54 bits per heavy atom. The first-order chi connectivity index (χ1) is 29.6. The average molecular weight is 830 g/mol. The second kappa shape index (κ2) is 17.3. The number of amides is 2. The highest BCUT2D eigenvalue weighted by atomic mass is 16.5. The van der Waals surface area contributed by atoms with Gasteiger partial charge >= 0.3 is 6.09 Å². The number of ether oxygens (including phenoxy) is 2. The third kappa shape index (κ3) is 8.18. The molecule has 3 fully saturated rings. The molecule has 3 aliphatic heterocycles. The number of methoxy groups -OCH3 is 1. The molecule has 61 heavy (non-hydrogen) atoms. The standard InChI is InChI=1S/C48H63N9O4/c1-28(2)35(49)27-55-19-9-13-39(55)45-50-26-37(52-45)32-15-17-34-41-23-33-22-31(16-18-38(33)57(41)43(61-42(34)24-32)21-30-11-7-6-8-12-30)36-25-51-46(53-36)40-14-10-20-56(40)47(58)44(29(3)4)54-48(59)60-5/h15-18,22-26,28-30,35,39-40,43-44H,6-14,19-21,27,49H2,1-5H3,(H,50,52)(H,51,53)(H,54,59). The predicted molar refractivity (Wildman–Crippen MR) is 238 cm³/mol. The van der Waals surface area contributed by atoms with Gasteiger partial charge in [-0.15, -0.1) is 0 Å². The minimum atomic E-state index is -0.681. The van der Waals surface area contributed by atoms with Crippen molar-refractivity contribution in [3.8, 4) is 39.5 Å². The molecule has 2 amide bonds. The van der Waals surface area contributed by atoms with Crippen LogP contribution in [-0.4, -0.2) is 85.1 Å². The Bertz CT molecular complexity index is 2350. The van der Waals surface area contributed by atoms with Gasteiger partial charge in [-0.05, 0) is 80.3 Å². The maximum absolute atomic E-state index is 13.8. The third-order valence-corrected chi connectivity index (χ3v) is 13.9. The van der Waals surface area contributed by atoms with Crippen molar-refractivity contribution < 1.29 is 19.1 Å². The predicted octanol–water partition coefficient (Wildman–Crippen LogP) is 9.11. The average Bonchev–Trinajstić information content (AvgIpc) is 4.12. The van der Waals surface area contributed by atoms with Crippen molar-refractivity contribution in [3.63, 3.8) is 0 Å². The summed E-state index contributed by atoms with van der Waals surface area (Å²) in [5, 5.41) is 3.88. The molecule has 5 unspecified atom stereocenters. The van der Waals surface area contributed by atoms with E-state index in [2.05, 4.69) is 81.1 Å². The van der Waals surface area contributed by atoms with Crippen LogP contribution in [0.2, 0.25) is 0 Å². The number of hydrogen-bond acceptors (Lipinski definition) is 8. The number of nitrogens with zero attached hydrogens (tertiary/aromatic N) is 5. The molecule has 5 atom stereocenters. The fourth-order valence-electron chi connectivity index (χ4n) is 10.3. The molecule has 9 rings (SSSR count). The van der Waals surface area contributed by atoms with Gasteiger partial charge in [0.15, 0.2) is 6.23 Å². The van der Waals surface area contributed by atoms with Gasteiger partial charge in [-0.25, -0.2) is 14.8 Å². The molecule has 0 spiro atoms. The highest BCUT2D eigenvalue weighted by Crippen LogP contribution is 2.47. The van der Waals surface area contributed by atoms with Gasteiger partial charge in [0, 0.05) is 47.6 Å². The number of imidazole rings is 2. The SMILES string of the molecule is COC(=O)NC(C(=O)N1CCCC1c1ncc(-c2ccc3c(c2)cc2n3C(CC3CCCCC3)Oc3cc(-c4cnc(C5CCCN5CC(N)C(C)C)[nH]4)ccc3-2)[nH]1)C(C)C. The molecular weight excluding hydrogens is 767 g/mol. The van der Waals surface area contributed by atoms with Crippen LogP contribution < -0.4 is 15.8 Å². The fraction of sp³-hybridized carbons (Fsp3) is 0.542. The van der Waals surface area contributed by atoms with Crippen molar-refractivity contribution in [1.82, 2.24) is 39.6 Å². The number of carbonyl (C=O) groups is 2. The van der Waals surface area contributed by atoms with Crippen LogP contribution in [0.1, 0.15) is 122 Å². The summed E-state index contributed by atoms with van der Waals surface area (Å²) in [5.41, 5.74) is 13.9. The highest BCUT2D eigenvalue weighted by molar-refractivity contribution is 5.92. The zero-order valence-electron chi connectivity index (χ0n) is 36.5. The van der Waals surface area contributed by atoms with Crippen LogP contribution in [-0.2, 0) is 9.53 Å². The maximum atomic E-state index is 13.8. The van der Waals surface area contributed by atoms with E-state index in [1.807, 2.05) is 31.1 Å². The number of fused-ring (bicyclic) bond motifs is 5. The smallest absolute Gasteiger partial charge is 0.407 e. The van der Waals surface area contributed by atoms with E-state index < -0.39 is 12.1 Å². The van der Waals surface area contributed by atoms with Crippen LogP contribution in [0.4, 0.5) is 4.79 Å². The largest absolute Gasteiger partial charge is 0.469 e. The van der Waals surface area contributed by atoms with Crippen molar-refractivity contribution in [3.05, 3.63) is 66.5 Å². The maximum Gasteiger partial charge on any atom is 0.407 e. The number of nitrogens with two attached hydrogens (primary N) is 1. The highest BCUT2D eigenvalue weighted by Gasteiger charge is 2.38. The molecule has 5 N–H and O–H groups in total. The van der Waals surface area contributed by atoms with Crippen molar-refractivity contribution in [2.24, 2.45) is 23.5 Å². The summed E-state index contributed by atoms with van der Waals surface area (Å²) in [6.45, 7) is 10.8. The number of hydrogen-bond donors (Lipinski definition) is 4. The van der Waals surface area contributed by atoms with Crippen LogP contribution >= 0.6 is 0 Å². The Labute approximate surface area is 359 Å². The molecule has 5 aromatic rings. The Kier molecular flexibility index (Phi) is 11.7. The molecule has 324 valence electrons. The molecule has 13 nitrogen and oxygen atoms in total. The summed E-state index contributed by atoms with van der Waals surface area (Å²) in [6.07, 6.45) is 14.4. The second-order valence-electron chi connectivity index (χ2n) is 18.7. The van der Waals surface area contributed by atoms with E-state index in [-0.39, 0.29) is 36.2 Å². The molecule has 0 radical (unpaired) electrons. The van der Waals surface area contributed by atoms with E-state index >= 15 is 0 Å². The zero-order chi connectivity index (χ0) is 42.4. The van der Waals surface area contributed by atoms with Crippen molar-refractivity contribution in [2.75, 3.05) is 26.7 Å². The van der Waals surface area contributed by atoms with Gasteiger partial charge in [0.25, 0.3) is 0 Å². The quantitative estimate of drug-likeness (QED) is 0.0970. The number of aromatic nitrogens is 5. The van der Waals surface area contributed by atoms with Crippen LogP contribution in [0, 0.1) is 17.8 Å². The minimum Gasteiger partial charge on any atom is -0.469 e. The molecule has 4 aliphatic rings. The van der Waals surface area contributed by atoms with Gasteiger partial charge in [0.1, 0.15) is 23.4 Å². The Morgan fingerprint density at radius 3 is 2.26 bits per heavy atom. The summed E-state index contributed by atoms with van der Waals surface area (Å²) in [7, 11) is 1.31. The number of aromatic amines is 2. The van der Waals surface area contributed by atoms with Crippen LogP contribution in [0.15, 0.2) is 54.9 Å². The first-order valence-electron chi connectivity index (χ1n) is 22.8. The Morgan fingerprint density at radius 1 is 0.852 bits per heavy atom. The van der Waals surface area contributed by atoms with Crippen molar-refractivity contribution in [1.29, 1.82) is 0 Å². The van der Waals surface area contributed by atoms with Crippen molar-refractivity contribution >= 4 is 22.9 Å². The van der Waals surface area contributed by atoms with Gasteiger partial charge in [-0.1, -0.05) is 71.9 Å². The van der Waals surface area contributed by atoms with E-state index in [1.165, 1.54) is 44.9 Å². The number of alkyl carbamates (subject to hydrolysis) is 1. The van der Waals surface area contributed by atoms with E-state index in [1.54, 1.807) is 0 Å². The molecule has 2 aromatic carbocycles. The number of likely N-dealkylation sites (tertiary alicyclic amines) is 2. The van der Waals surface area contributed by atoms with Gasteiger partial charge < -0.3 is 40.0 Å². The number of benzene rings is 2. The third-order valence-electron chi connectivity index (χ3n) is 13.9. The molecule has 13 heteroatoms. The number of H-pyrrole nitrogens is 2. The monoisotopic (exact) mass is 830 g/mol. The van der Waals surface area contributed by atoms with Gasteiger partial charge in [-0.2, -0.15) is 0 Å². The lowest BCUT2D eigenvalue weighted by Gasteiger charge is -2.33. The van der Waals surface area contributed by atoms with E-state index in [0.29, 0.717) is 18.4 Å². The second-order valence-corrected chi connectivity index (χ2v) is 18.7. The molecule has 1 aliphatic carbocycles. The Hall–Kier alpha value is -5.14. The fourth-order valence-corrected chi connectivity index (χ4v) is 10.3. The van der Waals surface area contributed by atoms with Crippen LogP contribution in [0.5, 0.6) is 5.75 Å². The molecular formula is C48H63N9O4. The normalized spacial score (nSPS) is 21.8. The Balaban J connectivity index is 0.999. The lowest BCUT2D eigenvalue weighted by molar-refractivity contribution is -0.135. The van der Waals surface area contributed by atoms with Gasteiger partial charge in [0.05, 0.1) is 54.2 Å². The van der Waals surface area contributed by atoms with Crippen molar-refractivity contribution in [2.45, 2.75) is 122 Å². The van der Waals surface area contributed by atoms with E-state index in [9.17, 15) is 9.59 Å². The van der Waals surface area contributed by atoms with Gasteiger partial charge in [-0.3, -0.25) is 9.69 Å².